The fourth-order valence-electron chi connectivity index (χ4n) is 5.02. The van der Waals surface area contributed by atoms with Crippen molar-refractivity contribution < 1.29 is 14.3 Å². The summed E-state index contributed by atoms with van der Waals surface area (Å²) in [7, 11) is 0. The minimum Gasteiger partial charge on any atom is -0.483 e. The van der Waals surface area contributed by atoms with E-state index >= 15 is 0 Å². The predicted octanol–water partition coefficient (Wildman–Crippen LogP) is 4.14. The monoisotopic (exact) mass is 402 g/mol. The summed E-state index contributed by atoms with van der Waals surface area (Å²) >= 11 is 0. The number of carbonyl (C=O) groups excluding carboxylic acids is 2. The van der Waals surface area contributed by atoms with Gasteiger partial charge < -0.3 is 9.64 Å². The number of aryl methyl sites for hydroxylation is 1. The van der Waals surface area contributed by atoms with Crippen molar-refractivity contribution in [1.29, 1.82) is 0 Å². The number of benzene rings is 1. The molecule has 5 rings (SSSR count). The number of nitrogens with zero attached hydrogens (tertiary/aromatic N) is 2. The van der Waals surface area contributed by atoms with Gasteiger partial charge in [0.1, 0.15) is 6.10 Å². The fraction of sp³-hybridized carbons (Fsp3) is 0.400. The molecule has 1 aromatic carbocycles. The van der Waals surface area contributed by atoms with E-state index in [0.717, 1.165) is 43.2 Å². The number of ketones is 1. The average molecular weight is 402 g/mol. The minimum absolute atomic E-state index is 0.107. The van der Waals surface area contributed by atoms with Crippen LogP contribution in [-0.2, 0) is 27.3 Å². The predicted molar refractivity (Wildman–Crippen MR) is 112 cm³/mol. The zero-order valence-electron chi connectivity index (χ0n) is 17.2. The molecule has 2 aliphatic heterocycles. The Morgan fingerprint density at radius 1 is 1.00 bits per heavy atom. The third-order valence-corrected chi connectivity index (χ3v) is 6.66. The van der Waals surface area contributed by atoms with Gasteiger partial charge in [-0.25, -0.2) is 0 Å². The first kappa shape index (κ1) is 19.0. The van der Waals surface area contributed by atoms with E-state index in [0.29, 0.717) is 12.1 Å². The van der Waals surface area contributed by atoms with E-state index in [1.54, 1.807) is 17.3 Å². The first-order chi connectivity index (χ1) is 14.7. The number of carbonyl (C=O) groups is 2. The maximum atomic E-state index is 13.6. The molecule has 30 heavy (non-hydrogen) atoms. The SMILES string of the molecule is CCc1ccc(C2C3=C(OC4CCCCC4C3=O)C(=O)N2Cc2ccncc2)cc1. The topological polar surface area (TPSA) is 59.5 Å². The summed E-state index contributed by atoms with van der Waals surface area (Å²) in [6.07, 6.45) is 8.04. The molecule has 1 aliphatic carbocycles. The molecule has 2 aromatic rings. The molecule has 3 heterocycles. The van der Waals surface area contributed by atoms with Crippen molar-refractivity contribution in [3.05, 3.63) is 76.8 Å². The fourth-order valence-corrected chi connectivity index (χ4v) is 5.02. The van der Waals surface area contributed by atoms with E-state index in [1.807, 2.05) is 24.3 Å². The maximum absolute atomic E-state index is 13.6. The number of Topliss-reactive ketones (excluding diaryl/α,β-unsaturated/α-hetero) is 1. The number of aromatic nitrogens is 1. The van der Waals surface area contributed by atoms with Crippen LogP contribution in [0.4, 0.5) is 0 Å². The van der Waals surface area contributed by atoms with Crippen LogP contribution in [0.25, 0.3) is 0 Å². The standard InChI is InChI=1S/C25H26N2O3/c1-2-16-7-9-18(10-8-16)22-21-23(28)19-5-3-4-6-20(19)30-24(21)25(29)27(22)15-17-11-13-26-14-12-17/h7-14,19-20,22H,2-6,15H2,1H3. The lowest BCUT2D eigenvalue weighted by Gasteiger charge is -2.35. The number of ether oxygens (including phenoxy) is 1. The third kappa shape index (κ3) is 3.13. The smallest absolute Gasteiger partial charge is 0.290 e. The molecule has 1 saturated carbocycles. The van der Waals surface area contributed by atoms with Gasteiger partial charge in [-0.05, 0) is 54.5 Å². The van der Waals surface area contributed by atoms with Crippen molar-refractivity contribution >= 4 is 11.7 Å². The zero-order valence-corrected chi connectivity index (χ0v) is 17.2. The largest absolute Gasteiger partial charge is 0.483 e. The van der Waals surface area contributed by atoms with E-state index in [4.69, 9.17) is 4.74 Å². The molecule has 3 atom stereocenters. The number of amides is 1. The van der Waals surface area contributed by atoms with Gasteiger partial charge in [0.05, 0.1) is 17.5 Å². The van der Waals surface area contributed by atoms with Gasteiger partial charge in [0, 0.05) is 18.9 Å². The Labute approximate surface area is 176 Å². The number of rotatable bonds is 4. The molecule has 0 spiro atoms. The molecular formula is C25H26N2O3. The highest BCUT2D eigenvalue weighted by Crippen LogP contribution is 2.47. The normalized spacial score (nSPS) is 25.8. The van der Waals surface area contributed by atoms with Gasteiger partial charge in [0.2, 0.25) is 0 Å². The van der Waals surface area contributed by atoms with Gasteiger partial charge >= 0.3 is 0 Å². The van der Waals surface area contributed by atoms with Crippen molar-refractivity contribution in [1.82, 2.24) is 9.88 Å². The highest BCUT2D eigenvalue weighted by molar-refractivity contribution is 6.11. The Hall–Kier alpha value is -2.95. The summed E-state index contributed by atoms with van der Waals surface area (Å²) in [6.45, 7) is 2.53. The van der Waals surface area contributed by atoms with Crippen LogP contribution >= 0.6 is 0 Å². The number of hydrogen-bond acceptors (Lipinski definition) is 4. The van der Waals surface area contributed by atoms with Crippen LogP contribution in [0, 0.1) is 5.92 Å². The van der Waals surface area contributed by atoms with Gasteiger partial charge in [0.25, 0.3) is 5.91 Å². The van der Waals surface area contributed by atoms with Crippen molar-refractivity contribution in [2.24, 2.45) is 5.92 Å². The Morgan fingerprint density at radius 2 is 1.73 bits per heavy atom. The molecule has 0 bridgehead atoms. The summed E-state index contributed by atoms with van der Waals surface area (Å²) in [6, 6.07) is 11.7. The summed E-state index contributed by atoms with van der Waals surface area (Å²) in [5, 5.41) is 0. The Kier molecular flexibility index (Phi) is 4.89. The molecule has 0 saturated heterocycles. The van der Waals surface area contributed by atoms with E-state index in [1.165, 1.54) is 5.56 Å². The Morgan fingerprint density at radius 3 is 2.47 bits per heavy atom. The molecule has 0 N–H and O–H groups in total. The molecule has 1 fully saturated rings. The summed E-state index contributed by atoms with van der Waals surface area (Å²) in [4.78, 5) is 32.9. The number of fused-ring (bicyclic) bond motifs is 1. The van der Waals surface area contributed by atoms with Gasteiger partial charge in [-0.2, -0.15) is 0 Å². The van der Waals surface area contributed by atoms with Gasteiger partial charge in [0.15, 0.2) is 11.5 Å². The van der Waals surface area contributed by atoms with Crippen molar-refractivity contribution in [2.45, 2.75) is 57.7 Å². The van der Waals surface area contributed by atoms with Crippen LogP contribution in [-0.4, -0.2) is 27.7 Å². The van der Waals surface area contributed by atoms with Crippen LogP contribution in [0.1, 0.15) is 55.3 Å². The highest BCUT2D eigenvalue weighted by Gasteiger charge is 2.51. The number of hydrogen-bond donors (Lipinski definition) is 0. The molecule has 5 heteroatoms. The Bertz CT molecular complexity index is 997. The van der Waals surface area contributed by atoms with Crippen LogP contribution in [0.2, 0.25) is 0 Å². The molecular weight excluding hydrogens is 376 g/mol. The molecule has 154 valence electrons. The van der Waals surface area contributed by atoms with E-state index < -0.39 is 6.04 Å². The van der Waals surface area contributed by atoms with Crippen LogP contribution in [0.15, 0.2) is 60.1 Å². The summed E-state index contributed by atoms with van der Waals surface area (Å²) in [5.41, 5.74) is 3.74. The van der Waals surface area contributed by atoms with Gasteiger partial charge in [-0.1, -0.05) is 37.6 Å². The molecule has 5 nitrogen and oxygen atoms in total. The Balaban J connectivity index is 1.57. The van der Waals surface area contributed by atoms with E-state index in [-0.39, 0.29) is 29.5 Å². The second-order valence-corrected chi connectivity index (χ2v) is 8.44. The second kappa shape index (κ2) is 7.71. The molecule has 1 amide bonds. The molecule has 3 aliphatic rings. The van der Waals surface area contributed by atoms with Gasteiger partial charge in [-0.15, -0.1) is 0 Å². The first-order valence-corrected chi connectivity index (χ1v) is 10.9. The lowest BCUT2D eigenvalue weighted by molar-refractivity contribution is -0.135. The number of pyridine rings is 1. The molecule has 1 aromatic heterocycles. The van der Waals surface area contributed by atoms with E-state index in [9.17, 15) is 9.59 Å². The summed E-state index contributed by atoms with van der Waals surface area (Å²) in [5.74, 6) is 0.0882. The van der Waals surface area contributed by atoms with Crippen LogP contribution in [0.3, 0.4) is 0 Å². The van der Waals surface area contributed by atoms with Crippen molar-refractivity contribution in [3.63, 3.8) is 0 Å². The minimum atomic E-state index is -0.401. The molecule has 3 unspecified atom stereocenters. The summed E-state index contributed by atoms with van der Waals surface area (Å²) < 4.78 is 6.22. The maximum Gasteiger partial charge on any atom is 0.290 e. The average Bonchev–Trinajstić information content (AvgIpc) is 3.06. The third-order valence-electron chi connectivity index (χ3n) is 6.66. The van der Waals surface area contributed by atoms with Gasteiger partial charge in [-0.3, -0.25) is 14.6 Å². The first-order valence-electron chi connectivity index (χ1n) is 10.9. The van der Waals surface area contributed by atoms with Crippen LogP contribution < -0.4 is 0 Å². The zero-order chi connectivity index (χ0) is 20.7. The highest BCUT2D eigenvalue weighted by atomic mass is 16.5. The van der Waals surface area contributed by atoms with Crippen LogP contribution in [0.5, 0.6) is 0 Å². The lowest BCUT2D eigenvalue weighted by Crippen LogP contribution is -2.39. The second-order valence-electron chi connectivity index (χ2n) is 8.44. The quantitative estimate of drug-likeness (QED) is 0.771. The van der Waals surface area contributed by atoms with E-state index in [2.05, 4.69) is 24.0 Å². The lowest BCUT2D eigenvalue weighted by atomic mass is 9.77. The van der Waals surface area contributed by atoms with Crippen molar-refractivity contribution in [3.8, 4) is 0 Å². The molecule has 0 radical (unpaired) electrons. The van der Waals surface area contributed by atoms with Crippen molar-refractivity contribution in [2.75, 3.05) is 0 Å².